The number of rotatable bonds is 2. The van der Waals surface area contributed by atoms with E-state index < -0.39 is 11.7 Å². The quantitative estimate of drug-likeness (QED) is 0.802. The minimum absolute atomic E-state index is 0.0168. The molecular formula is C9H9ClF3NO. The third kappa shape index (κ3) is 3.37. The molecular weight excluding hydrogens is 231 g/mol. The third-order valence-electron chi connectivity index (χ3n) is 1.78. The van der Waals surface area contributed by atoms with Crippen molar-refractivity contribution in [3.8, 4) is 0 Å². The molecule has 0 spiro atoms. The number of hydrogen-bond acceptors (Lipinski definition) is 2. The van der Waals surface area contributed by atoms with E-state index in [-0.39, 0.29) is 17.1 Å². The highest BCUT2D eigenvalue weighted by atomic mass is 35.5. The Labute approximate surface area is 89.8 Å². The molecule has 0 radical (unpaired) electrons. The van der Waals surface area contributed by atoms with Crippen molar-refractivity contribution in [1.29, 1.82) is 0 Å². The summed E-state index contributed by atoms with van der Waals surface area (Å²) in [4.78, 5) is 0. The van der Waals surface area contributed by atoms with Gasteiger partial charge in [0.2, 0.25) is 0 Å². The Bertz CT molecular complexity index is 352. The molecule has 0 saturated carbocycles. The van der Waals surface area contributed by atoms with Crippen LogP contribution >= 0.6 is 11.6 Å². The molecule has 0 aliphatic heterocycles. The van der Waals surface area contributed by atoms with Gasteiger partial charge in [-0.15, -0.1) is 0 Å². The molecule has 15 heavy (non-hydrogen) atoms. The van der Waals surface area contributed by atoms with E-state index in [2.05, 4.69) is 0 Å². The standard InChI is InChI=1S/C9H9ClF3NO/c1-14(15)5-6-2-3-7(10)4-8(6)9(11,12)13/h2-4,15H,5H2,1H3. The molecule has 0 aromatic heterocycles. The highest BCUT2D eigenvalue weighted by molar-refractivity contribution is 6.30. The van der Waals surface area contributed by atoms with Crippen molar-refractivity contribution in [1.82, 2.24) is 5.06 Å². The number of nitrogens with zero attached hydrogens (tertiary/aromatic N) is 1. The molecule has 0 aliphatic carbocycles. The molecule has 2 nitrogen and oxygen atoms in total. The number of hydroxylamine groups is 2. The fourth-order valence-electron chi connectivity index (χ4n) is 1.20. The maximum atomic E-state index is 12.5. The van der Waals surface area contributed by atoms with Crippen molar-refractivity contribution in [2.45, 2.75) is 12.7 Å². The molecule has 6 heteroatoms. The van der Waals surface area contributed by atoms with Crippen LogP contribution in [0.4, 0.5) is 13.2 Å². The van der Waals surface area contributed by atoms with Gasteiger partial charge < -0.3 is 5.21 Å². The van der Waals surface area contributed by atoms with Gasteiger partial charge in [0.1, 0.15) is 0 Å². The van der Waals surface area contributed by atoms with Crippen LogP contribution in [0.5, 0.6) is 0 Å². The summed E-state index contributed by atoms with van der Waals surface area (Å²) < 4.78 is 37.6. The first kappa shape index (κ1) is 12.3. The predicted octanol–water partition coefficient (Wildman–Crippen LogP) is 3.18. The maximum absolute atomic E-state index is 12.5. The minimum atomic E-state index is -4.46. The van der Waals surface area contributed by atoms with E-state index in [1.54, 1.807) is 0 Å². The summed E-state index contributed by atoms with van der Waals surface area (Å²) in [6, 6.07) is 3.45. The first-order valence-corrected chi connectivity index (χ1v) is 4.44. The zero-order chi connectivity index (χ0) is 11.6. The number of halogens is 4. The monoisotopic (exact) mass is 239 g/mol. The van der Waals surface area contributed by atoms with Gasteiger partial charge in [0, 0.05) is 18.6 Å². The normalized spacial score (nSPS) is 12.2. The zero-order valence-electron chi connectivity index (χ0n) is 7.85. The molecule has 1 aromatic carbocycles. The van der Waals surface area contributed by atoms with Crippen molar-refractivity contribution in [2.24, 2.45) is 0 Å². The lowest BCUT2D eigenvalue weighted by Crippen LogP contribution is -2.16. The van der Waals surface area contributed by atoms with Crippen LogP contribution in [0, 0.1) is 0 Å². The zero-order valence-corrected chi connectivity index (χ0v) is 8.60. The highest BCUT2D eigenvalue weighted by Crippen LogP contribution is 2.34. The van der Waals surface area contributed by atoms with Crippen molar-refractivity contribution in [2.75, 3.05) is 7.05 Å². The second kappa shape index (κ2) is 4.38. The smallest absolute Gasteiger partial charge is 0.314 e. The van der Waals surface area contributed by atoms with Crippen molar-refractivity contribution < 1.29 is 18.4 Å². The summed E-state index contributed by atoms with van der Waals surface area (Å²) in [7, 11) is 1.27. The topological polar surface area (TPSA) is 23.5 Å². The van der Waals surface area contributed by atoms with Gasteiger partial charge in [-0.25, -0.2) is 0 Å². The Morgan fingerprint density at radius 3 is 2.47 bits per heavy atom. The van der Waals surface area contributed by atoms with Gasteiger partial charge in [-0.3, -0.25) is 0 Å². The SMILES string of the molecule is CN(O)Cc1ccc(Cl)cc1C(F)(F)F. The van der Waals surface area contributed by atoms with Crippen LogP contribution in [0.1, 0.15) is 11.1 Å². The first-order valence-electron chi connectivity index (χ1n) is 4.06. The molecule has 0 amide bonds. The highest BCUT2D eigenvalue weighted by Gasteiger charge is 2.33. The van der Waals surface area contributed by atoms with Gasteiger partial charge in [0.15, 0.2) is 0 Å². The van der Waals surface area contributed by atoms with Crippen LogP contribution in [0.3, 0.4) is 0 Å². The lowest BCUT2D eigenvalue weighted by atomic mass is 10.1. The molecule has 0 bridgehead atoms. The first-order chi connectivity index (χ1) is 6.80. The molecule has 0 aliphatic rings. The largest absolute Gasteiger partial charge is 0.416 e. The number of alkyl halides is 3. The molecule has 1 rings (SSSR count). The van der Waals surface area contributed by atoms with E-state index in [9.17, 15) is 13.2 Å². The molecule has 0 atom stereocenters. The summed E-state index contributed by atoms with van der Waals surface area (Å²) in [6.45, 7) is -0.202. The number of hydrogen-bond donors (Lipinski definition) is 1. The fraction of sp³-hybridized carbons (Fsp3) is 0.333. The molecule has 0 fully saturated rings. The average molecular weight is 240 g/mol. The van der Waals surface area contributed by atoms with Crippen LogP contribution in [0.15, 0.2) is 18.2 Å². The Kier molecular flexibility index (Phi) is 3.59. The van der Waals surface area contributed by atoms with E-state index in [1.165, 1.54) is 19.2 Å². The van der Waals surface area contributed by atoms with Crippen LogP contribution in [-0.4, -0.2) is 17.3 Å². The Hall–Kier alpha value is -0.780. The Morgan fingerprint density at radius 2 is 2.00 bits per heavy atom. The molecule has 0 unspecified atom stereocenters. The summed E-state index contributed by atoms with van der Waals surface area (Å²) in [5.41, 5.74) is -0.840. The summed E-state index contributed by atoms with van der Waals surface area (Å²) in [5.74, 6) is 0. The van der Waals surface area contributed by atoms with E-state index in [0.717, 1.165) is 6.07 Å². The van der Waals surface area contributed by atoms with Crippen molar-refractivity contribution >= 4 is 11.6 Å². The fourth-order valence-corrected chi connectivity index (χ4v) is 1.37. The molecule has 1 aromatic rings. The van der Waals surface area contributed by atoms with Gasteiger partial charge in [0.05, 0.1) is 5.56 Å². The van der Waals surface area contributed by atoms with Gasteiger partial charge in [-0.2, -0.15) is 18.2 Å². The van der Waals surface area contributed by atoms with E-state index >= 15 is 0 Å². The van der Waals surface area contributed by atoms with E-state index in [4.69, 9.17) is 16.8 Å². The average Bonchev–Trinajstić information content (AvgIpc) is 2.05. The summed E-state index contributed by atoms with van der Waals surface area (Å²) >= 11 is 5.48. The lowest BCUT2D eigenvalue weighted by Gasteiger charge is -2.15. The maximum Gasteiger partial charge on any atom is 0.416 e. The lowest BCUT2D eigenvalue weighted by molar-refractivity contribution is -0.139. The molecule has 0 saturated heterocycles. The van der Waals surface area contributed by atoms with Crippen LogP contribution in [0.2, 0.25) is 5.02 Å². The second-order valence-electron chi connectivity index (χ2n) is 3.11. The third-order valence-corrected chi connectivity index (χ3v) is 2.01. The van der Waals surface area contributed by atoms with Gasteiger partial charge in [-0.1, -0.05) is 17.7 Å². The summed E-state index contributed by atoms with van der Waals surface area (Å²) in [6.07, 6.45) is -4.46. The predicted molar refractivity (Wildman–Crippen MR) is 49.7 cm³/mol. The number of benzene rings is 1. The molecule has 84 valence electrons. The van der Waals surface area contributed by atoms with E-state index in [1.807, 2.05) is 0 Å². The second-order valence-corrected chi connectivity index (χ2v) is 3.55. The van der Waals surface area contributed by atoms with Gasteiger partial charge in [-0.05, 0) is 17.7 Å². The van der Waals surface area contributed by atoms with Crippen molar-refractivity contribution in [3.63, 3.8) is 0 Å². The van der Waals surface area contributed by atoms with Gasteiger partial charge >= 0.3 is 6.18 Å². The van der Waals surface area contributed by atoms with Crippen LogP contribution in [-0.2, 0) is 12.7 Å². The van der Waals surface area contributed by atoms with E-state index in [0.29, 0.717) is 5.06 Å². The summed E-state index contributed by atoms with van der Waals surface area (Å²) in [5, 5.41) is 9.60. The van der Waals surface area contributed by atoms with Gasteiger partial charge in [0.25, 0.3) is 0 Å². The molecule has 0 heterocycles. The minimum Gasteiger partial charge on any atom is -0.314 e. The Balaban J connectivity index is 3.15. The van der Waals surface area contributed by atoms with Crippen LogP contribution < -0.4 is 0 Å². The van der Waals surface area contributed by atoms with Crippen LogP contribution in [0.25, 0.3) is 0 Å². The Morgan fingerprint density at radius 1 is 1.40 bits per heavy atom. The molecule has 1 N–H and O–H groups in total. The van der Waals surface area contributed by atoms with Crippen molar-refractivity contribution in [3.05, 3.63) is 34.3 Å².